The van der Waals surface area contributed by atoms with Crippen LogP contribution in [-0.2, 0) is 6.18 Å². The number of aryl methyl sites for hydroxylation is 1. The number of nitrogens with zero attached hydrogens (tertiary/aromatic N) is 6. The molecule has 1 aliphatic carbocycles. The molecule has 10 nitrogen and oxygen atoms in total. The van der Waals surface area contributed by atoms with Crippen LogP contribution in [0.25, 0.3) is 22.2 Å². The molecule has 0 aromatic carbocycles. The fourth-order valence-corrected chi connectivity index (χ4v) is 8.64. The fraction of sp³-hybridized carbons (Fsp3) is 0.625. The first-order valence-electron chi connectivity index (χ1n) is 16.6. The number of nitrogens with two attached hydrogens (primary N) is 1. The number of fused-ring (bicyclic) bond motifs is 3. The number of piperazine rings is 1. The number of rotatable bonds is 5. The van der Waals surface area contributed by atoms with Crippen molar-refractivity contribution in [2.75, 3.05) is 43.4 Å². The summed E-state index contributed by atoms with van der Waals surface area (Å²) in [6, 6.07) is -1.53. The zero-order valence-electron chi connectivity index (χ0n) is 27.4. The average Bonchev–Trinajstić information content (AvgIpc) is 3.24. The highest BCUT2D eigenvalue weighted by Crippen LogP contribution is 2.69. The van der Waals surface area contributed by atoms with Crippen LogP contribution in [0.5, 0.6) is 11.9 Å². The molecule has 3 aromatic heterocycles. The van der Waals surface area contributed by atoms with Crippen LogP contribution >= 0.6 is 0 Å². The summed E-state index contributed by atoms with van der Waals surface area (Å²) in [7, 11) is 0. The van der Waals surface area contributed by atoms with Crippen molar-refractivity contribution in [2.24, 2.45) is 5.41 Å². The van der Waals surface area contributed by atoms with Gasteiger partial charge in [-0.15, -0.1) is 0 Å². The molecule has 19 heteroatoms. The highest BCUT2D eigenvalue weighted by Gasteiger charge is 2.77. The molecule has 1 saturated carbocycles. The third kappa shape index (κ3) is 5.31. The zero-order chi connectivity index (χ0) is 36.5. The van der Waals surface area contributed by atoms with Gasteiger partial charge in [0.15, 0.2) is 5.82 Å². The molecule has 8 rings (SSSR count). The molecule has 3 N–H and O–H groups in total. The smallest absolute Gasteiger partial charge is 0.427 e. The monoisotopic (exact) mass is 732 g/mol. The highest BCUT2D eigenvalue weighted by atomic mass is 19.4. The van der Waals surface area contributed by atoms with Crippen LogP contribution in [0.4, 0.5) is 51.1 Å². The first-order chi connectivity index (χ1) is 23.9. The van der Waals surface area contributed by atoms with Crippen LogP contribution in [-0.4, -0.2) is 93.4 Å². The Balaban J connectivity index is 1.32. The minimum Gasteiger partial charge on any atom is -0.462 e. The number of nitrogen functional groups attached to an aromatic ring is 1. The lowest BCUT2D eigenvalue weighted by molar-refractivity contribution is -0.201. The maximum Gasteiger partial charge on any atom is 0.427 e. The summed E-state index contributed by atoms with van der Waals surface area (Å²) in [6.45, 7) is 3.12. The zero-order valence-corrected chi connectivity index (χ0v) is 27.4. The van der Waals surface area contributed by atoms with E-state index in [1.807, 2.05) is 11.8 Å². The van der Waals surface area contributed by atoms with Gasteiger partial charge in [0.05, 0.1) is 28.3 Å². The molecule has 4 fully saturated rings. The van der Waals surface area contributed by atoms with Crippen LogP contribution in [0.2, 0.25) is 0 Å². The topological polar surface area (TPSA) is 115 Å². The predicted octanol–water partition coefficient (Wildman–Crippen LogP) is 5.66. The molecule has 2 unspecified atom stereocenters. The van der Waals surface area contributed by atoms with Crippen molar-refractivity contribution in [1.29, 1.82) is 0 Å². The normalized spacial score (nSPS) is 29.9. The minimum atomic E-state index is -5.09. The van der Waals surface area contributed by atoms with Gasteiger partial charge in [-0.05, 0) is 45.2 Å². The van der Waals surface area contributed by atoms with E-state index < -0.39 is 92.9 Å². The Hall–Kier alpha value is -3.87. The summed E-state index contributed by atoms with van der Waals surface area (Å²) in [5, 5.41) is 2.67. The van der Waals surface area contributed by atoms with E-state index in [0.717, 1.165) is 19.4 Å². The fourth-order valence-electron chi connectivity index (χ4n) is 8.64. The molecule has 7 heterocycles. The van der Waals surface area contributed by atoms with Gasteiger partial charge in [0, 0.05) is 37.7 Å². The van der Waals surface area contributed by atoms with E-state index in [0.29, 0.717) is 19.4 Å². The van der Waals surface area contributed by atoms with E-state index in [1.165, 1.54) is 4.90 Å². The number of alkyl halides is 8. The molecule has 0 amide bonds. The maximum atomic E-state index is 16.8. The Morgan fingerprint density at radius 2 is 1.84 bits per heavy atom. The Kier molecular flexibility index (Phi) is 7.43. The molecule has 0 radical (unpaired) electrons. The SMILES string of the molecule is CC[C@@H]1CN2c3nc(OC[C@@]45CCCN4CC4(CC4(F)F)C5)nc4c(F)c(-c5cc(N)nc(C)c5C(F)(F)F)nc(c34)OC(C(F)(F)F)[C@@H]2CN1. The Bertz CT molecular complexity index is 1930. The van der Waals surface area contributed by atoms with Crippen molar-refractivity contribution in [1.82, 2.24) is 30.2 Å². The average molecular weight is 733 g/mol. The molecular weight excluding hydrogens is 699 g/mol. The summed E-state index contributed by atoms with van der Waals surface area (Å²) in [4.78, 5) is 19.6. The van der Waals surface area contributed by atoms with Crippen LogP contribution in [0.3, 0.4) is 0 Å². The predicted molar refractivity (Wildman–Crippen MR) is 164 cm³/mol. The van der Waals surface area contributed by atoms with Crippen molar-refractivity contribution in [3.63, 3.8) is 0 Å². The second-order valence-electron chi connectivity index (χ2n) is 14.4. The summed E-state index contributed by atoms with van der Waals surface area (Å²) < 4.78 is 145. The Morgan fingerprint density at radius 1 is 1.10 bits per heavy atom. The molecule has 276 valence electrons. The number of anilines is 2. The molecule has 4 aliphatic heterocycles. The molecule has 5 atom stereocenters. The highest BCUT2D eigenvalue weighted by molar-refractivity contribution is 5.97. The molecule has 0 bridgehead atoms. The van der Waals surface area contributed by atoms with Crippen LogP contribution in [0.15, 0.2) is 6.07 Å². The van der Waals surface area contributed by atoms with Crippen molar-refractivity contribution in [3.8, 4) is 23.1 Å². The van der Waals surface area contributed by atoms with Crippen molar-refractivity contribution >= 4 is 22.5 Å². The lowest BCUT2D eigenvalue weighted by Gasteiger charge is -2.42. The van der Waals surface area contributed by atoms with Gasteiger partial charge in [-0.25, -0.2) is 23.1 Å². The van der Waals surface area contributed by atoms with Crippen LogP contribution in [0.1, 0.15) is 50.3 Å². The molecule has 3 aromatic rings. The molecule has 1 spiro atoms. The molecule has 3 saturated heterocycles. The number of ether oxygens (including phenoxy) is 2. The van der Waals surface area contributed by atoms with Crippen LogP contribution in [0, 0.1) is 18.2 Å². The molecule has 5 aliphatic rings. The Labute approximate surface area is 284 Å². The number of nitrogens with one attached hydrogen (secondary N) is 1. The van der Waals surface area contributed by atoms with Gasteiger partial charge >= 0.3 is 18.4 Å². The van der Waals surface area contributed by atoms with Crippen LogP contribution < -0.4 is 25.4 Å². The van der Waals surface area contributed by atoms with Gasteiger partial charge in [-0.1, -0.05) is 6.92 Å². The number of halogens is 9. The lowest BCUT2D eigenvalue weighted by Crippen LogP contribution is -2.64. The van der Waals surface area contributed by atoms with E-state index >= 15 is 4.39 Å². The standard InChI is InChI=1S/C32H33F9N8O2/c1-3-15-9-49-17(8-43-15)24(32(39,40)41)51-26-19-23(21(33)22(45-26)16-7-18(42)44-14(2)20(16)31(36,37)38)46-27(47-25(19)49)50-13-29-5-4-6-48(29)12-28(10-29)11-30(28,34)35/h7,15,17,24,43H,3-6,8-13H2,1-2H3,(H2,42,44)/t15-,17+,24?,28?,29+/m1/s1. The van der Waals surface area contributed by atoms with Gasteiger partial charge in [0.25, 0.3) is 5.92 Å². The second-order valence-corrected chi connectivity index (χ2v) is 14.4. The summed E-state index contributed by atoms with van der Waals surface area (Å²) in [5.74, 6) is -5.69. The van der Waals surface area contributed by atoms with Gasteiger partial charge in [0.2, 0.25) is 12.0 Å². The van der Waals surface area contributed by atoms with Crippen molar-refractivity contribution in [3.05, 3.63) is 23.1 Å². The number of hydrogen-bond donors (Lipinski definition) is 2. The lowest BCUT2D eigenvalue weighted by atomic mass is 9.89. The quantitative estimate of drug-likeness (QED) is 0.319. The summed E-state index contributed by atoms with van der Waals surface area (Å²) in [5.41, 5.74) is -0.815. The van der Waals surface area contributed by atoms with E-state index in [9.17, 15) is 35.1 Å². The van der Waals surface area contributed by atoms with Gasteiger partial charge in [-0.2, -0.15) is 36.3 Å². The van der Waals surface area contributed by atoms with Gasteiger partial charge < -0.3 is 25.4 Å². The number of pyridine rings is 2. The number of aromatic nitrogens is 4. The van der Waals surface area contributed by atoms with Gasteiger partial charge in [0.1, 0.15) is 34.8 Å². The van der Waals surface area contributed by atoms with E-state index in [2.05, 4.69) is 25.3 Å². The third-order valence-corrected chi connectivity index (χ3v) is 11.2. The van der Waals surface area contributed by atoms with E-state index in [1.54, 1.807) is 0 Å². The molecule has 51 heavy (non-hydrogen) atoms. The number of hydrogen-bond acceptors (Lipinski definition) is 10. The first kappa shape index (κ1) is 34.2. The first-order valence-corrected chi connectivity index (χ1v) is 16.6. The van der Waals surface area contributed by atoms with E-state index in [4.69, 9.17) is 15.2 Å². The molecular formula is C32H33F9N8O2. The second kappa shape index (κ2) is 11.1. The summed E-state index contributed by atoms with van der Waals surface area (Å²) in [6.07, 6.45) is -11.0. The van der Waals surface area contributed by atoms with Gasteiger partial charge in [-0.3, -0.25) is 4.90 Å². The minimum absolute atomic E-state index is 0.0287. The van der Waals surface area contributed by atoms with Crippen molar-refractivity contribution < 1.29 is 49.0 Å². The maximum absolute atomic E-state index is 16.8. The summed E-state index contributed by atoms with van der Waals surface area (Å²) >= 11 is 0. The largest absolute Gasteiger partial charge is 0.462 e. The van der Waals surface area contributed by atoms with E-state index in [-0.39, 0.29) is 56.3 Å². The Morgan fingerprint density at radius 3 is 2.51 bits per heavy atom. The van der Waals surface area contributed by atoms with Crippen molar-refractivity contribution in [2.45, 2.75) is 88.0 Å². The third-order valence-electron chi connectivity index (χ3n) is 11.2.